The fourth-order valence-electron chi connectivity index (χ4n) is 18.4. The number of hydrogen-bond donors (Lipinski definition) is 1. The fraction of sp³-hybridized carbons (Fsp3) is 0.0317. The third kappa shape index (κ3) is 20.1. The normalized spacial score (nSPS) is 11.2. The second-order valence-electron chi connectivity index (χ2n) is 34.9. The van der Waals surface area contributed by atoms with Gasteiger partial charge in [-0.25, -0.2) is 0 Å². The Morgan fingerprint density at radius 3 is 0.763 bits per heavy atom. The Labute approximate surface area is 858 Å². The van der Waals surface area contributed by atoms with E-state index in [0.29, 0.717) is 16.7 Å². The summed E-state index contributed by atoms with van der Waals surface area (Å²) in [5.41, 5.74) is 26.6. The zero-order chi connectivity index (χ0) is 95.0. The molecule has 5 aromatic heterocycles. The minimum atomic E-state index is -1.78. The number of aldehydes is 3. The van der Waals surface area contributed by atoms with E-state index in [1.807, 2.05) is 109 Å². The molecule has 0 aliphatic heterocycles. The van der Waals surface area contributed by atoms with E-state index in [9.17, 15) is 19.5 Å². The third-order valence-corrected chi connectivity index (χ3v) is 30.0. The van der Waals surface area contributed by atoms with Gasteiger partial charge in [0.25, 0.3) is 0 Å². The maximum absolute atomic E-state index is 11.4. The molecule has 139 heavy (non-hydrogen) atoms. The topological polar surface area (TPSA) is 110 Å². The van der Waals surface area contributed by atoms with Crippen molar-refractivity contribution in [2.45, 2.75) is 26.4 Å². The third-order valence-electron chi connectivity index (χ3n) is 25.0. The maximum atomic E-state index is 11.4. The molecular weight excluding hydrogens is 1960 g/mol. The number of nitrogens with zero attached hydrogens (tertiary/aromatic N) is 4. The van der Waals surface area contributed by atoms with Crippen molar-refractivity contribution >= 4 is 208 Å². The number of nitrogens with one attached hydrogen (secondary N) is 1. The van der Waals surface area contributed by atoms with Gasteiger partial charge in [0.2, 0.25) is 0 Å². The number of carbonyl (C=O) groups is 3. The Morgan fingerprint density at radius 2 is 0.482 bits per heavy atom. The molecule has 19 aromatic carbocycles. The van der Waals surface area contributed by atoms with Crippen LogP contribution in [0.2, 0.25) is 0 Å². The molecule has 24 aromatic rings. The van der Waals surface area contributed by atoms with Crippen molar-refractivity contribution in [3.8, 4) is 56.1 Å². The molecule has 24 rings (SSSR count). The van der Waals surface area contributed by atoms with Crippen molar-refractivity contribution in [1.29, 1.82) is 0 Å². The molecule has 1 N–H and O–H groups in total. The quantitative estimate of drug-likeness (QED) is 0.0362. The predicted octanol–water partition coefficient (Wildman–Crippen LogP) is 28.6. The maximum Gasteiger partial charge on any atom is 1.00 e. The number of halogens is 2. The van der Waals surface area contributed by atoms with Crippen LogP contribution in [-0.4, -0.2) is 47.7 Å². The SMILES string of the molecule is C=Cc1ccc2c(c1)c1ccccc1n2-c1ccc(-c2ccc(-n3c4ccccc4c4cc(C=C)ccc43)cc2)cc1.CC(C)(C)[O-].Ic1ccc(-c2ccc(I)cc2)cc1.O=Cc1ccc2[nH]c3ccccc3c2c1.O=Cc1ccc2c(c1)c1ccccc1n2-c1ccc(-c2ccc(-n3c4ccccc4c4cc(C=O)ccc43)cc2)cc1.[CH2-][P+](c1ccccc1)(c1ccccc1)c1ccccc1.[Na+]. The number of H-pyrrole nitrogens is 1. The van der Waals surface area contributed by atoms with Crippen molar-refractivity contribution in [3.63, 3.8) is 0 Å². The molecule has 0 spiro atoms. The first-order chi connectivity index (χ1) is 67.4. The van der Waals surface area contributed by atoms with Crippen molar-refractivity contribution in [2.24, 2.45) is 0 Å². The van der Waals surface area contributed by atoms with Crippen LogP contribution < -0.4 is 50.6 Å². The number of benzene rings is 19. The van der Waals surface area contributed by atoms with Crippen LogP contribution in [0, 0.1) is 13.8 Å². The monoisotopic (exact) mass is 2050 g/mol. The van der Waals surface area contributed by atoms with Gasteiger partial charge in [0.15, 0.2) is 0 Å². The second-order valence-corrected chi connectivity index (χ2v) is 40.5. The molecule has 13 heteroatoms. The number of aromatic nitrogens is 5. The van der Waals surface area contributed by atoms with E-state index in [4.69, 9.17) is 6.66 Å². The first-order valence-corrected chi connectivity index (χ1v) is 49.8. The summed E-state index contributed by atoms with van der Waals surface area (Å²) in [6, 6.07) is 157. The van der Waals surface area contributed by atoms with E-state index in [-0.39, 0.29) is 29.6 Å². The molecule has 0 unspecified atom stereocenters. The Morgan fingerprint density at radius 1 is 0.266 bits per heavy atom. The zero-order valence-corrected chi connectivity index (χ0v) is 84.6. The van der Waals surface area contributed by atoms with Gasteiger partial charge in [-0.15, -0.1) is 5.60 Å². The van der Waals surface area contributed by atoms with Crippen LogP contribution in [0.15, 0.2) is 462 Å². The van der Waals surface area contributed by atoms with Gasteiger partial charge in [-0.1, -0.05) is 277 Å². The minimum absolute atomic E-state index is 0. The van der Waals surface area contributed by atoms with E-state index in [1.165, 1.54) is 88.9 Å². The summed E-state index contributed by atoms with van der Waals surface area (Å²) in [5, 5.41) is 25.7. The number of para-hydroxylation sites is 5. The molecule has 0 amide bonds. The van der Waals surface area contributed by atoms with Crippen LogP contribution in [0.1, 0.15) is 63.0 Å². The van der Waals surface area contributed by atoms with Gasteiger partial charge in [0.1, 0.15) is 18.9 Å². The summed E-state index contributed by atoms with van der Waals surface area (Å²) >= 11 is 4.64. The molecule has 0 aliphatic rings. The van der Waals surface area contributed by atoms with Gasteiger partial charge in [-0.2, -0.15) is 6.66 Å². The van der Waals surface area contributed by atoms with Crippen molar-refractivity contribution < 1.29 is 49.0 Å². The molecule has 0 fully saturated rings. The first-order valence-electron chi connectivity index (χ1n) is 45.7. The van der Waals surface area contributed by atoms with Crippen molar-refractivity contribution in [3.05, 3.63) is 504 Å². The minimum Gasteiger partial charge on any atom is -0.850 e. The van der Waals surface area contributed by atoms with Crippen LogP contribution in [-0.2, 0) is 0 Å². The second kappa shape index (κ2) is 42.2. The van der Waals surface area contributed by atoms with E-state index < -0.39 is 12.9 Å². The van der Waals surface area contributed by atoms with Crippen molar-refractivity contribution in [1.82, 2.24) is 23.3 Å². The Balaban J connectivity index is 0.000000122. The molecule has 0 saturated heterocycles. The summed E-state index contributed by atoms with van der Waals surface area (Å²) < 4.78 is 11.8. The summed E-state index contributed by atoms with van der Waals surface area (Å²) in [6.45, 7) is 17.5. The fourth-order valence-corrected chi connectivity index (χ4v) is 22.1. The standard InChI is InChI=1S/C40H28N2.C38H24N2O2.C19H17P.C13H9NO.C12H8I2.C4H9O.Na/c1-3-27-13-23-39-35(25-27)33-9-5-7-11-37(33)41(39)31-19-15-29(16-20-31)30-17-21-32(22-18-30)42-38-12-8-6-10-34(38)36-26-28(4-2)14-24-40(36)42;41-23-25-9-19-37-33(21-25)31-5-1-3-7-35(31)39(37)29-15-11-27(12-16-29)28-13-17-30(18-14-28)40-36-8-4-2-6-32(36)34-22-26(24-42)10-20-38(34)40;1-20(17-11-5-2-6-12-17,18-13-7-3-8-14-18)19-15-9-4-10-16-19;15-8-9-5-6-13-11(7-9)10-3-1-2-4-12(10)14-13;13-11-5-1-9(2-6-11)10-3-7-12(14)8-4-10;1-4(2,3)5;/h3-26H,1-2H2;1-24H;2-16H,1H2;1-8,14H;1-8H;1-3H3;/q;;;;;-1;+1. The smallest absolute Gasteiger partial charge is 0.850 e. The van der Waals surface area contributed by atoms with Gasteiger partial charge >= 0.3 is 29.6 Å². The summed E-state index contributed by atoms with van der Waals surface area (Å²) in [5.74, 6) is 0. The van der Waals surface area contributed by atoms with E-state index in [0.717, 1.165) is 129 Å². The van der Waals surface area contributed by atoms with Crippen molar-refractivity contribution in [2.75, 3.05) is 0 Å². The Hall–Kier alpha value is -14.5. The summed E-state index contributed by atoms with van der Waals surface area (Å²) in [4.78, 5) is 36.9. The summed E-state index contributed by atoms with van der Waals surface area (Å²) in [6.07, 6.45) is 6.49. The number of hydrogen-bond acceptors (Lipinski definition) is 4. The molecular formula is C126H95I2N5NaO4P. The number of carbonyl (C=O) groups excluding carboxylic acids is 3. The molecule has 0 radical (unpaired) electrons. The van der Waals surface area contributed by atoms with Crippen LogP contribution in [0.5, 0.6) is 0 Å². The van der Waals surface area contributed by atoms with Crippen LogP contribution in [0.3, 0.4) is 0 Å². The average Bonchev–Trinajstić information content (AvgIpc) is 1.54. The van der Waals surface area contributed by atoms with Gasteiger partial charge in [-0.05, 0) is 315 Å². The van der Waals surface area contributed by atoms with Gasteiger partial charge in [-0.3, -0.25) is 14.4 Å². The number of fused-ring (bicyclic) bond motifs is 15. The molecule has 0 bridgehead atoms. The van der Waals surface area contributed by atoms with Crippen LogP contribution in [0.25, 0.3) is 177 Å². The molecule has 9 nitrogen and oxygen atoms in total. The Kier molecular flexibility index (Phi) is 28.8. The molecule has 0 atom stereocenters. The van der Waals surface area contributed by atoms with E-state index in [2.05, 4.69) is 433 Å². The molecule has 0 aliphatic carbocycles. The number of rotatable bonds is 15. The largest absolute Gasteiger partial charge is 1.00 e. The molecule has 0 saturated carbocycles. The number of aromatic amines is 1. The molecule has 668 valence electrons. The van der Waals surface area contributed by atoms with E-state index >= 15 is 0 Å². The summed E-state index contributed by atoms with van der Waals surface area (Å²) in [7, 11) is -1.78. The van der Waals surface area contributed by atoms with Crippen LogP contribution in [0.4, 0.5) is 0 Å². The Bertz CT molecular complexity index is 7790. The van der Waals surface area contributed by atoms with E-state index in [1.54, 1.807) is 20.8 Å². The first kappa shape index (κ1) is 94.9. The van der Waals surface area contributed by atoms with Crippen LogP contribution >= 0.6 is 52.4 Å². The average molecular weight is 2050 g/mol. The predicted molar refractivity (Wildman–Crippen MR) is 601 cm³/mol. The van der Waals surface area contributed by atoms with Gasteiger partial charge in [0.05, 0.1) is 60.0 Å². The zero-order valence-electron chi connectivity index (χ0n) is 77.4. The van der Waals surface area contributed by atoms with Gasteiger partial charge < -0.3 is 28.4 Å². The molecule has 5 heterocycles. The van der Waals surface area contributed by atoms with Gasteiger partial charge in [0, 0.05) is 111 Å².